The summed E-state index contributed by atoms with van der Waals surface area (Å²) in [6.45, 7) is 12.7. The zero-order chi connectivity index (χ0) is 25.7. The Labute approximate surface area is 226 Å². The molecule has 1 amide bonds. The Bertz CT molecular complexity index is 1120. The molecule has 1 N–H and O–H groups in total. The van der Waals surface area contributed by atoms with E-state index in [0.717, 1.165) is 78.2 Å². The van der Waals surface area contributed by atoms with Crippen LogP contribution in [0.4, 0.5) is 10.6 Å². The molecular formula is C25H37IN6O4. The molecule has 198 valence electrons. The van der Waals surface area contributed by atoms with E-state index in [4.69, 9.17) is 29.3 Å². The van der Waals surface area contributed by atoms with Gasteiger partial charge in [-0.25, -0.2) is 19.4 Å². The fourth-order valence-electron chi connectivity index (χ4n) is 5.71. The summed E-state index contributed by atoms with van der Waals surface area (Å²) in [6, 6.07) is -0.0874. The SMILES string of the molecule is Cc1nc2c(I)nn(C3CCCCO3)c2nc1N1CCC2(CC1)CO[C@@H](C)[C@H]2NC(=O)OC(C)(C)C. The van der Waals surface area contributed by atoms with Crippen molar-refractivity contribution in [1.82, 2.24) is 25.1 Å². The number of halogens is 1. The number of rotatable bonds is 3. The standard InChI is InChI=1S/C25H37IN6O4/c1-15-21(29-22-18(27-15)20(26)30-32(22)17-8-6-7-13-34-17)31-11-9-25(10-12-31)14-35-16(2)19(25)28-23(33)36-24(3,4)5/h16-17,19H,6-14H2,1-5H3,(H,28,33)/t16-,17?,19+/m0/s1. The molecule has 2 aromatic rings. The summed E-state index contributed by atoms with van der Waals surface area (Å²) in [6.07, 6.45) is 4.40. The van der Waals surface area contributed by atoms with Crippen LogP contribution in [0.1, 0.15) is 71.7 Å². The van der Waals surface area contributed by atoms with E-state index in [2.05, 4.69) is 32.8 Å². The van der Waals surface area contributed by atoms with Gasteiger partial charge < -0.3 is 24.4 Å². The predicted molar refractivity (Wildman–Crippen MR) is 144 cm³/mol. The van der Waals surface area contributed by atoms with Gasteiger partial charge in [-0.05, 0) is 89.3 Å². The summed E-state index contributed by atoms with van der Waals surface area (Å²) in [5, 5.41) is 7.86. The molecule has 1 unspecified atom stereocenters. The molecule has 3 saturated heterocycles. The lowest BCUT2D eigenvalue weighted by Crippen LogP contribution is -2.55. The Morgan fingerprint density at radius 2 is 1.94 bits per heavy atom. The van der Waals surface area contributed by atoms with Crippen LogP contribution in [0.25, 0.3) is 11.2 Å². The van der Waals surface area contributed by atoms with Crippen LogP contribution in [0.5, 0.6) is 0 Å². The second-order valence-electron chi connectivity index (χ2n) is 11.4. The topological polar surface area (TPSA) is 104 Å². The van der Waals surface area contributed by atoms with Gasteiger partial charge in [0.15, 0.2) is 21.4 Å². The lowest BCUT2D eigenvalue weighted by molar-refractivity contribution is -0.0372. The number of ether oxygens (including phenoxy) is 3. The molecule has 36 heavy (non-hydrogen) atoms. The second-order valence-corrected chi connectivity index (χ2v) is 12.4. The van der Waals surface area contributed by atoms with Crippen LogP contribution in [-0.2, 0) is 14.2 Å². The molecule has 5 rings (SSSR count). The van der Waals surface area contributed by atoms with Gasteiger partial charge in [0.05, 0.1) is 24.4 Å². The lowest BCUT2D eigenvalue weighted by atomic mass is 9.73. The number of carbonyl (C=O) groups is 1. The normalized spacial score (nSPS) is 26.5. The number of hydrogen-bond acceptors (Lipinski definition) is 8. The number of nitrogens with zero attached hydrogens (tertiary/aromatic N) is 5. The van der Waals surface area contributed by atoms with Crippen LogP contribution in [0.15, 0.2) is 0 Å². The molecule has 2 aromatic heterocycles. The molecule has 11 heteroatoms. The largest absolute Gasteiger partial charge is 0.444 e. The maximum atomic E-state index is 12.6. The summed E-state index contributed by atoms with van der Waals surface area (Å²) < 4.78 is 20.4. The van der Waals surface area contributed by atoms with Crippen molar-refractivity contribution < 1.29 is 19.0 Å². The van der Waals surface area contributed by atoms with E-state index in [-0.39, 0.29) is 29.9 Å². The van der Waals surface area contributed by atoms with Crippen molar-refractivity contribution in [3.8, 4) is 0 Å². The highest BCUT2D eigenvalue weighted by Crippen LogP contribution is 2.43. The smallest absolute Gasteiger partial charge is 0.407 e. The molecule has 0 aliphatic carbocycles. The average Bonchev–Trinajstić information content (AvgIpc) is 3.30. The minimum atomic E-state index is -0.537. The third kappa shape index (κ3) is 5.02. The average molecular weight is 613 g/mol. The van der Waals surface area contributed by atoms with Crippen molar-refractivity contribution in [3.05, 3.63) is 9.39 Å². The van der Waals surface area contributed by atoms with Gasteiger partial charge in [-0.2, -0.15) is 5.10 Å². The highest BCUT2D eigenvalue weighted by Gasteiger charge is 2.50. The molecule has 0 radical (unpaired) electrons. The van der Waals surface area contributed by atoms with E-state index >= 15 is 0 Å². The highest BCUT2D eigenvalue weighted by atomic mass is 127. The van der Waals surface area contributed by atoms with Gasteiger partial charge in [0, 0.05) is 25.1 Å². The summed E-state index contributed by atoms with van der Waals surface area (Å²) in [5.41, 5.74) is 1.87. The number of aryl methyl sites for hydroxylation is 1. The van der Waals surface area contributed by atoms with Crippen molar-refractivity contribution in [1.29, 1.82) is 0 Å². The van der Waals surface area contributed by atoms with E-state index in [9.17, 15) is 4.79 Å². The summed E-state index contributed by atoms with van der Waals surface area (Å²) in [5.74, 6) is 0.898. The van der Waals surface area contributed by atoms with Gasteiger partial charge in [0.1, 0.15) is 11.1 Å². The number of aromatic nitrogens is 4. The van der Waals surface area contributed by atoms with Crippen molar-refractivity contribution in [3.63, 3.8) is 0 Å². The molecule has 3 aliphatic heterocycles. The monoisotopic (exact) mass is 612 g/mol. The Morgan fingerprint density at radius 1 is 1.19 bits per heavy atom. The van der Waals surface area contributed by atoms with E-state index in [1.54, 1.807) is 0 Å². The van der Waals surface area contributed by atoms with Crippen LogP contribution < -0.4 is 10.2 Å². The Balaban J connectivity index is 1.35. The molecular weight excluding hydrogens is 575 g/mol. The summed E-state index contributed by atoms with van der Waals surface area (Å²) in [7, 11) is 0. The van der Waals surface area contributed by atoms with E-state index in [0.29, 0.717) is 6.61 Å². The van der Waals surface area contributed by atoms with Gasteiger partial charge in [-0.1, -0.05) is 0 Å². The van der Waals surface area contributed by atoms with Gasteiger partial charge >= 0.3 is 6.09 Å². The fourth-order valence-corrected chi connectivity index (χ4v) is 6.31. The van der Waals surface area contributed by atoms with Crippen LogP contribution in [-0.4, -0.2) is 69.9 Å². The zero-order valence-electron chi connectivity index (χ0n) is 21.8. The Kier molecular flexibility index (Phi) is 7.10. The maximum Gasteiger partial charge on any atom is 0.407 e. The first-order chi connectivity index (χ1) is 17.1. The second kappa shape index (κ2) is 9.86. The van der Waals surface area contributed by atoms with E-state index in [1.807, 2.05) is 39.3 Å². The van der Waals surface area contributed by atoms with E-state index in [1.165, 1.54) is 0 Å². The Hall–Kier alpha value is -1.73. The lowest BCUT2D eigenvalue weighted by Gasteiger charge is -2.43. The minimum absolute atomic E-state index is 0.0612. The number of hydrogen-bond donors (Lipinski definition) is 1. The number of carbonyl (C=O) groups excluding carboxylic acids is 1. The number of nitrogens with one attached hydrogen (secondary N) is 1. The van der Waals surface area contributed by atoms with Gasteiger partial charge in [0.2, 0.25) is 0 Å². The van der Waals surface area contributed by atoms with Crippen LogP contribution >= 0.6 is 22.6 Å². The molecule has 3 aliphatic rings. The van der Waals surface area contributed by atoms with Gasteiger partial charge in [-0.15, -0.1) is 0 Å². The molecule has 0 saturated carbocycles. The van der Waals surface area contributed by atoms with Crippen LogP contribution in [0, 0.1) is 16.0 Å². The van der Waals surface area contributed by atoms with Crippen LogP contribution in [0.2, 0.25) is 0 Å². The van der Waals surface area contributed by atoms with Gasteiger partial charge in [-0.3, -0.25) is 0 Å². The van der Waals surface area contributed by atoms with Crippen LogP contribution in [0.3, 0.4) is 0 Å². The molecule has 3 atom stereocenters. The number of piperidine rings is 1. The molecule has 0 bridgehead atoms. The summed E-state index contributed by atoms with van der Waals surface area (Å²) in [4.78, 5) is 24.9. The first-order valence-electron chi connectivity index (χ1n) is 13.0. The van der Waals surface area contributed by atoms with Gasteiger partial charge in [0.25, 0.3) is 0 Å². The van der Waals surface area contributed by atoms with Crippen molar-refractivity contribution in [2.45, 2.75) is 90.7 Å². The first kappa shape index (κ1) is 25.9. The third-order valence-corrected chi connectivity index (χ3v) is 8.28. The summed E-state index contributed by atoms with van der Waals surface area (Å²) >= 11 is 2.24. The number of anilines is 1. The molecule has 10 nitrogen and oxygen atoms in total. The molecule has 5 heterocycles. The minimum Gasteiger partial charge on any atom is -0.444 e. The number of amides is 1. The maximum absolute atomic E-state index is 12.6. The molecule has 0 aromatic carbocycles. The van der Waals surface area contributed by atoms with Crippen molar-refractivity contribution >= 4 is 45.7 Å². The van der Waals surface area contributed by atoms with E-state index < -0.39 is 5.60 Å². The number of alkyl carbamates (subject to hydrolysis) is 1. The fraction of sp³-hybridized carbons (Fsp3) is 0.760. The number of fused-ring (bicyclic) bond motifs is 1. The third-order valence-electron chi connectivity index (χ3n) is 7.56. The molecule has 3 fully saturated rings. The quantitative estimate of drug-likeness (QED) is 0.511. The Morgan fingerprint density at radius 3 is 2.61 bits per heavy atom. The highest BCUT2D eigenvalue weighted by molar-refractivity contribution is 14.1. The van der Waals surface area contributed by atoms with Crippen molar-refractivity contribution in [2.75, 3.05) is 31.2 Å². The first-order valence-corrected chi connectivity index (χ1v) is 14.0. The molecule has 1 spiro atoms. The van der Waals surface area contributed by atoms with Crippen molar-refractivity contribution in [2.24, 2.45) is 5.41 Å². The predicted octanol–water partition coefficient (Wildman–Crippen LogP) is 4.34. The zero-order valence-corrected chi connectivity index (χ0v) is 24.0.